The van der Waals surface area contributed by atoms with Crippen LogP contribution in [-0.4, -0.2) is 69.9 Å². The first-order valence-corrected chi connectivity index (χ1v) is 18.0. The summed E-state index contributed by atoms with van der Waals surface area (Å²) in [5, 5.41) is 5.15. The smallest absolute Gasteiger partial charge is 0.280 e. The third-order valence-corrected chi connectivity index (χ3v) is 10.7. The van der Waals surface area contributed by atoms with Gasteiger partial charge in [0.15, 0.2) is 28.4 Å². The number of aliphatic imine (C=N–C) groups is 1. The van der Waals surface area contributed by atoms with Gasteiger partial charge in [0.1, 0.15) is 5.25 Å². The third-order valence-electron chi connectivity index (χ3n) is 8.95. The van der Waals surface area contributed by atoms with Crippen LogP contribution < -0.4 is 33.6 Å². The quantitative estimate of drug-likeness (QED) is 0.0621. The van der Waals surface area contributed by atoms with Crippen molar-refractivity contribution in [3.8, 4) is 0 Å². The number of aryl methyl sites for hydroxylation is 2. The van der Waals surface area contributed by atoms with Crippen LogP contribution in [0.5, 0.6) is 0 Å². The molecule has 1 aliphatic heterocycles. The largest absolute Gasteiger partial charge is 0.382 e. The van der Waals surface area contributed by atoms with Crippen LogP contribution in [0.1, 0.15) is 70.4 Å². The lowest BCUT2D eigenvalue weighted by atomic mass is 9.82. The first kappa shape index (κ1) is 36.4. The Morgan fingerprint density at radius 2 is 1.67 bits per heavy atom. The number of rotatable bonds is 14. The standard InChI is InChI=1S/C35H47ClN10O2S/c1-46(2)19-7-8-21-12-16-24(17-13-21)42-33(48)28-35(40,49-28)20-23-15-14-22(25-10-3-4-11-26(23)25)9-5-6-18-41-34(39)45-32(47)27-30(37)44-31(38)29(36)43-27/h12-17,28H,3-11,18-20,40H2,1-2H3,(H,42,48)(H4,37,38,44)(H3,39,41,45,47)/t28?,35-/m0/s1. The van der Waals surface area contributed by atoms with Gasteiger partial charge in [-0.2, -0.15) is 0 Å². The van der Waals surface area contributed by atoms with E-state index in [1.165, 1.54) is 34.2 Å². The van der Waals surface area contributed by atoms with E-state index in [0.717, 1.165) is 63.6 Å². The Hall–Kier alpha value is -3.91. The Kier molecular flexibility index (Phi) is 12.0. The van der Waals surface area contributed by atoms with E-state index in [9.17, 15) is 9.59 Å². The highest BCUT2D eigenvalue weighted by Crippen LogP contribution is 2.52. The summed E-state index contributed by atoms with van der Waals surface area (Å²) in [4.78, 5) is 39.1. The average molecular weight is 707 g/mol. The predicted molar refractivity (Wildman–Crippen MR) is 200 cm³/mol. The molecule has 0 bridgehead atoms. The zero-order valence-corrected chi connectivity index (χ0v) is 29.8. The minimum Gasteiger partial charge on any atom is -0.382 e. The van der Waals surface area contributed by atoms with E-state index < -0.39 is 10.8 Å². The number of fused-ring (bicyclic) bond motifs is 1. The number of nitrogens with zero attached hydrogens (tertiary/aromatic N) is 4. The van der Waals surface area contributed by atoms with Crippen LogP contribution in [-0.2, 0) is 36.9 Å². The highest BCUT2D eigenvalue weighted by Gasteiger charge is 2.57. The summed E-state index contributed by atoms with van der Waals surface area (Å²) in [5.74, 6) is -0.935. The van der Waals surface area contributed by atoms with Crippen molar-refractivity contribution >= 4 is 58.5 Å². The number of hydrogen-bond acceptors (Lipinski definition) is 10. The molecule has 262 valence electrons. The van der Waals surface area contributed by atoms with Crippen LogP contribution in [0.2, 0.25) is 5.15 Å². The lowest BCUT2D eigenvalue weighted by molar-refractivity contribution is -0.115. The van der Waals surface area contributed by atoms with Gasteiger partial charge in [0.2, 0.25) is 5.91 Å². The van der Waals surface area contributed by atoms with Gasteiger partial charge in [0.25, 0.3) is 5.91 Å². The zero-order valence-electron chi connectivity index (χ0n) is 28.2. The number of nitrogens with one attached hydrogen (secondary N) is 2. The predicted octanol–water partition coefficient (Wildman–Crippen LogP) is 3.69. The van der Waals surface area contributed by atoms with Crippen molar-refractivity contribution in [1.82, 2.24) is 20.2 Å². The van der Waals surface area contributed by atoms with Gasteiger partial charge in [-0.1, -0.05) is 35.9 Å². The van der Waals surface area contributed by atoms with Gasteiger partial charge in [0, 0.05) is 18.7 Å². The van der Waals surface area contributed by atoms with Crippen molar-refractivity contribution in [2.45, 2.75) is 74.3 Å². The fourth-order valence-electron chi connectivity index (χ4n) is 6.32. The zero-order chi connectivity index (χ0) is 35.1. The van der Waals surface area contributed by atoms with E-state index in [-0.39, 0.29) is 39.6 Å². The number of nitrogen functional groups attached to an aromatic ring is 2. The number of unbranched alkanes of at least 4 members (excludes halogenated alkanes) is 1. The summed E-state index contributed by atoms with van der Waals surface area (Å²) < 4.78 is 0. The maximum atomic E-state index is 13.1. The number of amides is 2. The summed E-state index contributed by atoms with van der Waals surface area (Å²) >= 11 is 7.41. The monoisotopic (exact) mass is 706 g/mol. The molecule has 2 amide bonds. The van der Waals surface area contributed by atoms with E-state index in [2.05, 4.69) is 68.9 Å². The van der Waals surface area contributed by atoms with Crippen molar-refractivity contribution < 1.29 is 9.59 Å². The molecule has 0 radical (unpaired) electrons. The second-order valence-corrected chi connectivity index (χ2v) is 14.9. The Morgan fingerprint density at radius 1 is 0.980 bits per heavy atom. The summed E-state index contributed by atoms with van der Waals surface area (Å²) in [5.41, 5.74) is 31.4. The first-order valence-electron chi connectivity index (χ1n) is 16.8. The molecule has 2 atom stereocenters. The number of guanidine groups is 1. The number of carbonyl (C=O) groups is 2. The van der Waals surface area contributed by atoms with Crippen molar-refractivity contribution in [3.63, 3.8) is 0 Å². The van der Waals surface area contributed by atoms with Gasteiger partial charge in [-0.15, -0.1) is 11.8 Å². The highest BCUT2D eigenvalue weighted by molar-refractivity contribution is 8.09. The maximum Gasteiger partial charge on any atom is 0.280 e. The second kappa shape index (κ2) is 16.2. The molecule has 1 unspecified atom stereocenters. The normalized spacial score (nSPS) is 18.6. The molecule has 10 N–H and O–H groups in total. The number of nitrogens with two attached hydrogens (primary N) is 4. The topological polar surface area (TPSA) is 204 Å². The second-order valence-electron chi connectivity index (χ2n) is 13.1. The maximum absolute atomic E-state index is 13.1. The van der Waals surface area contributed by atoms with Gasteiger partial charge in [-0.05, 0) is 118 Å². The molecule has 5 rings (SSSR count). The van der Waals surface area contributed by atoms with Crippen LogP contribution >= 0.6 is 23.4 Å². The molecule has 2 heterocycles. The lowest BCUT2D eigenvalue weighted by Crippen LogP contribution is -2.38. The molecule has 1 fully saturated rings. The van der Waals surface area contributed by atoms with Crippen LogP contribution in [0.3, 0.4) is 0 Å². The van der Waals surface area contributed by atoms with E-state index in [4.69, 9.17) is 34.5 Å². The van der Waals surface area contributed by atoms with Gasteiger partial charge in [-0.25, -0.2) is 9.97 Å². The molecule has 49 heavy (non-hydrogen) atoms. The SMILES string of the molecule is CN(C)CCCc1ccc(NC(=O)C2S[C@@]2(N)Cc2ccc(CCCCN=C(N)NC(=O)c3nc(Cl)c(N)nc3N)c3c2CCCC3)cc1. The van der Waals surface area contributed by atoms with Gasteiger partial charge in [-0.3, -0.25) is 19.9 Å². The van der Waals surface area contributed by atoms with Gasteiger partial charge < -0.3 is 33.2 Å². The van der Waals surface area contributed by atoms with Crippen LogP contribution in [0.15, 0.2) is 41.4 Å². The summed E-state index contributed by atoms with van der Waals surface area (Å²) in [7, 11) is 4.16. The van der Waals surface area contributed by atoms with Crippen LogP contribution in [0.4, 0.5) is 17.3 Å². The number of aromatic nitrogens is 2. The molecule has 0 saturated carbocycles. The number of benzene rings is 2. The molecule has 0 spiro atoms. The van der Waals surface area contributed by atoms with Crippen molar-refractivity contribution in [3.05, 3.63) is 75.1 Å². The number of hydrogen-bond donors (Lipinski definition) is 6. The highest BCUT2D eigenvalue weighted by atomic mass is 35.5. The average Bonchev–Trinajstić information content (AvgIpc) is 3.74. The van der Waals surface area contributed by atoms with Crippen LogP contribution in [0, 0.1) is 0 Å². The van der Waals surface area contributed by atoms with E-state index in [1.807, 2.05) is 12.1 Å². The molecule has 14 heteroatoms. The molecule has 2 aliphatic rings. The van der Waals surface area contributed by atoms with Crippen molar-refractivity contribution in [2.75, 3.05) is 44.0 Å². The van der Waals surface area contributed by atoms with E-state index in [0.29, 0.717) is 13.0 Å². The minimum absolute atomic E-state index is 0.0336. The Balaban J connectivity index is 1.11. The fraction of sp³-hybridized carbons (Fsp3) is 0.457. The Labute approximate surface area is 297 Å². The number of anilines is 3. The molecule has 1 aromatic heterocycles. The summed E-state index contributed by atoms with van der Waals surface area (Å²) in [6, 6.07) is 12.6. The number of halogens is 1. The molecular weight excluding hydrogens is 660 g/mol. The fourth-order valence-corrected chi connectivity index (χ4v) is 7.41. The van der Waals surface area contributed by atoms with Gasteiger partial charge >= 0.3 is 0 Å². The van der Waals surface area contributed by atoms with E-state index >= 15 is 0 Å². The summed E-state index contributed by atoms with van der Waals surface area (Å²) in [6.45, 7) is 1.50. The Morgan fingerprint density at radius 3 is 2.39 bits per heavy atom. The molecular formula is C35H47ClN10O2S. The summed E-state index contributed by atoms with van der Waals surface area (Å²) in [6.07, 6.45) is 9.82. The van der Waals surface area contributed by atoms with Crippen molar-refractivity contribution in [1.29, 1.82) is 0 Å². The number of carbonyl (C=O) groups excluding carboxylic acids is 2. The van der Waals surface area contributed by atoms with Gasteiger partial charge in [0.05, 0.1) is 4.87 Å². The Bertz CT molecular complexity index is 1700. The first-order chi connectivity index (χ1) is 23.4. The third kappa shape index (κ3) is 9.62. The molecule has 3 aromatic rings. The molecule has 12 nitrogen and oxygen atoms in total. The van der Waals surface area contributed by atoms with Crippen molar-refractivity contribution in [2.24, 2.45) is 16.5 Å². The molecule has 2 aromatic carbocycles. The molecule has 1 saturated heterocycles. The number of thioether (sulfide) groups is 1. The lowest BCUT2D eigenvalue weighted by Gasteiger charge is -2.24. The van der Waals surface area contributed by atoms with E-state index in [1.54, 1.807) is 11.8 Å². The van der Waals surface area contributed by atoms with Crippen LogP contribution in [0.25, 0.3) is 0 Å². The molecule has 1 aliphatic carbocycles. The minimum atomic E-state index is -0.660.